The standard InChI is InChI=1S/C20H22F2N4O3/c1-11-9-14(29-10-17(21)22)5-6-15(11)12(2)24-19(28)16-7-8-23-20(25-16)26-18(27)13-3-4-13/h5-9,12-13,17H,3-4,10H2,1-2H3,(H,24,28)(H,23,25,26,27). The number of carbonyl (C=O) groups excluding carboxylic acids is 2. The number of amides is 2. The Morgan fingerprint density at radius 3 is 2.69 bits per heavy atom. The number of ether oxygens (including phenoxy) is 1. The lowest BCUT2D eigenvalue weighted by atomic mass is 10.0. The van der Waals surface area contributed by atoms with Gasteiger partial charge in [0.25, 0.3) is 12.3 Å². The molecule has 0 radical (unpaired) electrons. The summed E-state index contributed by atoms with van der Waals surface area (Å²) in [7, 11) is 0. The van der Waals surface area contributed by atoms with Gasteiger partial charge in [0.2, 0.25) is 11.9 Å². The maximum absolute atomic E-state index is 12.5. The molecule has 3 rings (SSSR count). The van der Waals surface area contributed by atoms with Gasteiger partial charge in [-0.3, -0.25) is 14.9 Å². The first-order valence-electron chi connectivity index (χ1n) is 9.29. The second kappa shape index (κ2) is 8.93. The van der Waals surface area contributed by atoms with E-state index in [0.717, 1.165) is 24.0 Å². The lowest BCUT2D eigenvalue weighted by Gasteiger charge is -2.17. The topological polar surface area (TPSA) is 93.2 Å². The van der Waals surface area contributed by atoms with Gasteiger partial charge in [0.1, 0.15) is 18.1 Å². The number of halogens is 2. The molecule has 1 aromatic carbocycles. The number of hydrogen-bond acceptors (Lipinski definition) is 5. The Bertz CT molecular complexity index is 903. The first-order valence-corrected chi connectivity index (χ1v) is 9.29. The Labute approximate surface area is 166 Å². The minimum absolute atomic E-state index is 0.00623. The number of hydrogen-bond donors (Lipinski definition) is 2. The zero-order valence-electron chi connectivity index (χ0n) is 16.1. The van der Waals surface area contributed by atoms with Crippen LogP contribution in [0.25, 0.3) is 0 Å². The van der Waals surface area contributed by atoms with Crippen molar-refractivity contribution in [1.29, 1.82) is 0 Å². The molecule has 1 aliphatic carbocycles. The highest BCUT2D eigenvalue weighted by Crippen LogP contribution is 2.29. The highest BCUT2D eigenvalue weighted by Gasteiger charge is 2.30. The second-order valence-corrected chi connectivity index (χ2v) is 6.94. The van der Waals surface area contributed by atoms with Crippen molar-refractivity contribution in [3.8, 4) is 5.75 Å². The van der Waals surface area contributed by atoms with Gasteiger partial charge in [-0.05, 0) is 56.0 Å². The van der Waals surface area contributed by atoms with Gasteiger partial charge in [0, 0.05) is 12.1 Å². The van der Waals surface area contributed by atoms with Gasteiger partial charge in [0.15, 0.2) is 0 Å². The molecule has 7 nitrogen and oxygen atoms in total. The van der Waals surface area contributed by atoms with Crippen molar-refractivity contribution in [2.24, 2.45) is 5.92 Å². The van der Waals surface area contributed by atoms with Crippen molar-refractivity contribution in [1.82, 2.24) is 15.3 Å². The fraction of sp³-hybridized carbons (Fsp3) is 0.400. The second-order valence-electron chi connectivity index (χ2n) is 6.94. The maximum atomic E-state index is 12.5. The van der Waals surface area contributed by atoms with E-state index in [0.29, 0.717) is 5.75 Å². The Morgan fingerprint density at radius 1 is 1.28 bits per heavy atom. The predicted octanol–water partition coefficient (Wildman–Crippen LogP) is 3.27. The zero-order chi connectivity index (χ0) is 21.0. The molecule has 1 fully saturated rings. The van der Waals surface area contributed by atoms with Crippen LogP contribution in [-0.4, -0.2) is 34.8 Å². The predicted molar refractivity (Wildman–Crippen MR) is 102 cm³/mol. The monoisotopic (exact) mass is 404 g/mol. The van der Waals surface area contributed by atoms with Gasteiger partial charge < -0.3 is 10.1 Å². The molecule has 154 valence electrons. The summed E-state index contributed by atoms with van der Waals surface area (Å²) in [5, 5.41) is 5.45. The minimum atomic E-state index is -2.54. The fourth-order valence-corrected chi connectivity index (χ4v) is 2.83. The average Bonchev–Trinajstić information content (AvgIpc) is 3.52. The smallest absolute Gasteiger partial charge is 0.272 e. The van der Waals surface area contributed by atoms with Crippen LogP contribution in [0.3, 0.4) is 0 Å². The van der Waals surface area contributed by atoms with E-state index < -0.39 is 18.9 Å². The number of anilines is 1. The van der Waals surface area contributed by atoms with E-state index in [1.54, 1.807) is 25.1 Å². The third-order valence-electron chi connectivity index (χ3n) is 4.50. The van der Waals surface area contributed by atoms with E-state index in [4.69, 9.17) is 4.74 Å². The average molecular weight is 404 g/mol. The molecule has 0 saturated heterocycles. The van der Waals surface area contributed by atoms with Crippen LogP contribution in [0.5, 0.6) is 5.75 Å². The van der Waals surface area contributed by atoms with Crippen LogP contribution in [0.4, 0.5) is 14.7 Å². The van der Waals surface area contributed by atoms with Crippen molar-refractivity contribution in [3.63, 3.8) is 0 Å². The molecule has 1 heterocycles. The molecule has 1 aromatic heterocycles. The Kier molecular flexibility index (Phi) is 6.36. The number of alkyl halides is 2. The number of aromatic nitrogens is 2. The molecule has 2 N–H and O–H groups in total. The van der Waals surface area contributed by atoms with Crippen LogP contribution < -0.4 is 15.4 Å². The van der Waals surface area contributed by atoms with Crippen LogP contribution in [0.1, 0.15) is 47.4 Å². The molecule has 1 unspecified atom stereocenters. The molecule has 2 aromatic rings. The molecule has 9 heteroatoms. The maximum Gasteiger partial charge on any atom is 0.272 e. The van der Waals surface area contributed by atoms with E-state index in [2.05, 4.69) is 20.6 Å². The molecule has 0 spiro atoms. The third-order valence-corrected chi connectivity index (χ3v) is 4.50. The first kappa shape index (κ1) is 20.6. The number of carbonyl (C=O) groups is 2. The molecule has 1 aliphatic rings. The quantitative estimate of drug-likeness (QED) is 0.704. The Hall–Kier alpha value is -3.10. The summed E-state index contributed by atoms with van der Waals surface area (Å²) in [6, 6.07) is 6.07. The summed E-state index contributed by atoms with van der Waals surface area (Å²) in [6.07, 6.45) is 0.583. The molecular weight excluding hydrogens is 382 g/mol. The van der Waals surface area contributed by atoms with Gasteiger partial charge in [-0.25, -0.2) is 18.7 Å². The van der Waals surface area contributed by atoms with Gasteiger partial charge >= 0.3 is 0 Å². The minimum Gasteiger partial charge on any atom is -0.488 e. The number of nitrogens with zero attached hydrogens (tertiary/aromatic N) is 2. The number of rotatable bonds is 8. The molecule has 1 saturated carbocycles. The van der Waals surface area contributed by atoms with Gasteiger partial charge in [0.05, 0.1) is 6.04 Å². The lowest BCUT2D eigenvalue weighted by molar-refractivity contribution is -0.117. The van der Waals surface area contributed by atoms with Crippen molar-refractivity contribution in [3.05, 3.63) is 47.3 Å². The zero-order valence-corrected chi connectivity index (χ0v) is 16.1. The third kappa shape index (κ3) is 5.69. The van der Waals surface area contributed by atoms with E-state index in [-0.39, 0.29) is 29.5 Å². The highest BCUT2D eigenvalue weighted by molar-refractivity contribution is 5.95. The van der Waals surface area contributed by atoms with Crippen molar-refractivity contribution in [2.75, 3.05) is 11.9 Å². The van der Waals surface area contributed by atoms with Crippen LogP contribution in [-0.2, 0) is 4.79 Å². The summed E-state index contributed by atoms with van der Waals surface area (Å²) in [5.74, 6) is -0.109. The van der Waals surface area contributed by atoms with E-state index in [1.165, 1.54) is 12.3 Å². The molecule has 29 heavy (non-hydrogen) atoms. The Morgan fingerprint density at radius 2 is 2.03 bits per heavy atom. The number of aryl methyl sites for hydroxylation is 1. The molecule has 2 amide bonds. The van der Waals surface area contributed by atoms with Crippen LogP contribution in [0.15, 0.2) is 30.5 Å². The Balaban J connectivity index is 1.63. The summed E-state index contributed by atoms with van der Waals surface area (Å²) >= 11 is 0. The van der Waals surface area contributed by atoms with E-state index in [9.17, 15) is 18.4 Å². The highest BCUT2D eigenvalue weighted by atomic mass is 19.3. The molecule has 0 aliphatic heterocycles. The van der Waals surface area contributed by atoms with Crippen molar-refractivity contribution in [2.45, 2.75) is 39.2 Å². The number of benzene rings is 1. The number of nitrogens with one attached hydrogen (secondary N) is 2. The first-order chi connectivity index (χ1) is 13.8. The van der Waals surface area contributed by atoms with Crippen molar-refractivity contribution >= 4 is 17.8 Å². The summed E-state index contributed by atoms with van der Waals surface area (Å²) in [6.45, 7) is 2.94. The van der Waals surface area contributed by atoms with E-state index in [1.807, 2.05) is 6.92 Å². The van der Waals surface area contributed by atoms with E-state index >= 15 is 0 Å². The van der Waals surface area contributed by atoms with Gasteiger partial charge in [-0.1, -0.05) is 6.07 Å². The van der Waals surface area contributed by atoms with Gasteiger partial charge in [-0.15, -0.1) is 0 Å². The largest absolute Gasteiger partial charge is 0.488 e. The summed E-state index contributed by atoms with van der Waals surface area (Å²) < 4.78 is 29.5. The summed E-state index contributed by atoms with van der Waals surface area (Å²) in [4.78, 5) is 32.4. The molecule has 1 atom stereocenters. The normalized spacial score (nSPS) is 14.4. The van der Waals surface area contributed by atoms with Crippen LogP contribution >= 0.6 is 0 Å². The lowest BCUT2D eigenvalue weighted by Crippen LogP contribution is -2.28. The molecular formula is C20H22F2N4O3. The fourth-order valence-electron chi connectivity index (χ4n) is 2.83. The summed E-state index contributed by atoms with van der Waals surface area (Å²) in [5.41, 5.74) is 1.75. The van der Waals surface area contributed by atoms with Crippen LogP contribution in [0, 0.1) is 12.8 Å². The van der Waals surface area contributed by atoms with Crippen molar-refractivity contribution < 1.29 is 23.1 Å². The van der Waals surface area contributed by atoms with Crippen LogP contribution in [0.2, 0.25) is 0 Å². The molecule has 0 bridgehead atoms. The SMILES string of the molecule is Cc1cc(OCC(F)F)ccc1C(C)NC(=O)c1ccnc(NC(=O)C2CC2)n1. The van der Waals surface area contributed by atoms with Gasteiger partial charge in [-0.2, -0.15) is 0 Å².